The predicted molar refractivity (Wildman–Crippen MR) is 143 cm³/mol. The Bertz CT molecular complexity index is 1470. The van der Waals surface area contributed by atoms with Crippen LogP contribution in [-0.4, -0.2) is 44.0 Å². The highest BCUT2D eigenvalue weighted by Crippen LogP contribution is 2.43. The summed E-state index contributed by atoms with van der Waals surface area (Å²) in [7, 11) is -1.99. The molecule has 4 N–H and O–H groups in total. The van der Waals surface area contributed by atoms with E-state index < -0.39 is 21.9 Å². The van der Waals surface area contributed by atoms with Crippen molar-refractivity contribution in [2.24, 2.45) is 0 Å². The Morgan fingerprint density at radius 3 is 2.76 bits per heavy atom. The zero-order chi connectivity index (χ0) is 26.3. The molecule has 2 atom stereocenters. The minimum absolute atomic E-state index is 0.105. The number of benzene rings is 3. The van der Waals surface area contributed by atoms with Crippen LogP contribution in [0.25, 0.3) is 0 Å². The second-order valence-corrected chi connectivity index (χ2v) is 11.4. The fourth-order valence-electron chi connectivity index (χ4n) is 5.64. The minimum atomic E-state index is -3.78. The van der Waals surface area contributed by atoms with Crippen LogP contribution in [0.1, 0.15) is 52.6 Å². The first kappa shape index (κ1) is 25.1. The molecule has 194 valence electrons. The number of anilines is 2. The Morgan fingerprint density at radius 2 is 2.00 bits per heavy atom. The minimum Gasteiger partial charge on any atom is -0.491 e. The van der Waals surface area contributed by atoms with Crippen LogP contribution in [-0.2, 0) is 21.2 Å². The Kier molecular flexibility index (Phi) is 6.59. The van der Waals surface area contributed by atoms with Crippen molar-refractivity contribution in [3.63, 3.8) is 0 Å². The van der Waals surface area contributed by atoms with Gasteiger partial charge in [-0.1, -0.05) is 36.4 Å². The maximum Gasteiger partial charge on any atom is 0.304 e. The van der Waals surface area contributed by atoms with Gasteiger partial charge in [-0.2, -0.15) is 4.31 Å². The number of rotatable bonds is 6. The molecule has 9 heteroatoms. The van der Waals surface area contributed by atoms with Gasteiger partial charge in [-0.3, -0.25) is 4.79 Å². The molecule has 2 unspecified atom stereocenters. The Labute approximate surface area is 217 Å². The Morgan fingerprint density at radius 1 is 1.22 bits per heavy atom. The average Bonchev–Trinajstić information content (AvgIpc) is 3.24. The summed E-state index contributed by atoms with van der Waals surface area (Å²) in [5.41, 5.74) is 12.2. The number of hydrogen-bond donors (Lipinski definition) is 3. The van der Waals surface area contributed by atoms with Gasteiger partial charge in [0.15, 0.2) is 0 Å². The molecule has 1 heterocycles. The van der Waals surface area contributed by atoms with Crippen LogP contribution in [0.15, 0.2) is 59.5 Å². The van der Waals surface area contributed by atoms with Gasteiger partial charge >= 0.3 is 5.97 Å². The second-order valence-electron chi connectivity index (χ2n) is 9.57. The van der Waals surface area contributed by atoms with Crippen molar-refractivity contribution >= 4 is 27.4 Å². The fourth-order valence-corrected chi connectivity index (χ4v) is 7.39. The summed E-state index contributed by atoms with van der Waals surface area (Å²) in [6.45, 7) is 2.41. The summed E-state index contributed by atoms with van der Waals surface area (Å²) in [5.74, 6) is -0.972. The van der Waals surface area contributed by atoms with Gasteiger partial charge in [0.2, 0.25) is 10.0 Å². The number of nitrogens with zero attached hydrogens (tertiary/aromatic N) is 1. The number of aryl methyl sites for hydroxylation is 1. The quantitative estimate of drug-likeness (QED) is 0.414. The number of nitrogen functional groups attached to an aromatic ring is 1. The van der Waals surface area contributed by atoms with Crippen molar-refractivity contribution in [2.75, 3.05) is 31.2 Å². The van der Waals surface area contributed by atoms with E-state index in [1.807, 2.05) is 37.3 Å². The first-order chi connectivity index (χ1) is 17.7. The van der Waals surface area contributed by atoms with E-state index in [9.17, 15) is 18.3 Å². The van der Waals surface area contributed by atoms with E-state index in [1.165, 1.54) is 0 Å². The van der Waals surface area contributed by atoms with E-state index in [4.69, 9.17) is 10.5 Å². The number of para-hydroxylation sites is 1. The molecule has 1 aliphatic heterocycles. The first-order valence-corrected chi connectivity index (χ1v) is 13.8. The number of nitrogens with two attached hydrogens (primary N) is 1. The van der Waals surface area contributed by atoms with Crippen molar-refractivity contribution in [1.82, 2.24) is 4.31 Å². The van der Waals surface area contributed by atoms with Crippen molar-refractivity contribution in [2.45, 2.75) is 43.0 Å². The zero-order valence-corrected chi connectivity index (χ0v) is 21.7. The first-order valence-electron chi connectivity index (χ1n) is 12.4. The van der Waals surface area contributed by atoms with E-state index >= 15 is 0 Å². The second kappa shape index (κ2) is 9.72. The van der Waals surface area contributed by atoms with Gasteiger partial charge in [0.25, 0.3) is 0 Å². The van der Waals surface area contributed by atoms with E-state index in [-0.39, 0.29) is 30.5 Å². The molecule has 37 heavy (non-hydrogen) atoms. The lowest BCUT2D eigenvalue weighted by atomic mass is 9.84. The van der Waals surface area contributed by atoms with Gasteiger partial charge in [-0.15, -0.1) is 0 Å². The molecule has 0 saturated heterocycles. The summed E-state index contributed by atoms with van der Waals surface area (Å²) < 4.78 is 34.7. The van der Waals surface area contributed by atoms with Gasteiger partial charge in [0, 0.05) is 19.5 Å². The predicted octanol–water partition coefficient (Wildman–Crippen LogP) is 4.30. The van der Waals surface area contributed by atoms with Crippen molar-refractivity contribution < 1.29 is 23.1 Å². The van der Waals surface area contributed by atoms with Crippen LogP contribution in [0.4, 0.5) is 11.4 Å². The molecule has 0 spiro atoms. The summed E-state index contributed by atoms with van der Waals surface area (Å²) in [6.07, 6.45) is 1.31. The fraction of sp³-hybridized carbons (Fsp3) is 0.321. The van der Waals surface area contributed by atoms with Crippen molar-refractivity contribution in [3.05, 3.63) is 82.4 Å². The SMILES string of the molecule is CNc1ccc(C(CC(=O)O)c2ccc3c(c2)C(N2CCOc4ccccc4S2(=O)=O)CC3)c(C)c1N. The standard InChI is InChI=1S/C28H31N3O5S/c1-17-20(10-11-23(30-2)28(17)29)21(16-27(32)33)19-8-7-18-9-12-24(22(18)15-19)31-13-14-36-25-5-3-4-6-26(25)37(31,34)35/h3-8,10-11,15,21,24,30H,9,12-14,16,29H2,1-2H3,(H,32,33). The van der Waals surface area contributed by atoms with Crippen LogP contribution in [0.2, 0.25) is 0 Å². The zero-order valence-electron chi connectivity index (χ0n) is 20.9. The number of carbonyl (C=O) groups is 1. The monoisotopic (exact) mass is 521 g/mol. The number of ether oxygens (including phenoxy) is 1. The molecule has 0 saturated carbocycles. The number of nitrogens with one attached hydrogen (secondary N) is 1. The summed E-state index contributed by atoms with van der Waals surface area (Å²) in [5, 5.41) is 12.8. The van der Waals surface area contributed by atoms with E-state index in [0.717, 1.165) is 39.9 Å². The highest BCUT2D eigenvalue weighted by molar-refractivity contribution is 7.89. The summed E-state index contributed by atoms with van der Waals surface area (Å²) >= 11 is 0. The number of hydrogen-bond acceptors (Lipinski definition) is 6. The van der Waals surface area contributed by atoms with E-state index in [1.54, 1.807) is 35.6 Å². The van der Waals surface area contributed by atoms with Crippen molar-refractivity contribution in [1.29, 1.82) is 0 Å². The highest BCUT2D eigenvalue weighted by atomic mass is 32.2. The molecule has 0 radical (unpaired) electrons. The molecule has 1 aliphatic carbocycles. The largest absolute Gasteiger partial charge is 0.491 e. The van der Waals surface area contributed by atoms with Crippen LogP contribution >= 0.6 is 0 Å². The maximum atomic E-state index is 13.7. The molecule has 0 fully saturated rings. The lowest BCUT2D eigenvalue weighted by Crippen LogP contribution is -2.35. The smallest absolute Gasteiger partial charge is 0.304 e. The van der Waals surface area contributed by atoms with Gasteiger partial charge < -0.3 is 20.9 Å². The maximum absolute atomic E-state index is 13.7. The van der Waals surface area contributed by atoms with Crippen LogP contribution in [0.3, 0.4) is 0 Å². The number of sulfonamides is 1. The highest BCUT2D eigenvalue weighted by Gasteiger charge is 2.39. The number of fused-ring (bicyclic) bond motifs is 2. The molecular formula is C28H31N3O5S. The lowest BCUT2D eigenvalue weighted by Gasteiger charge is -2.28. The van der Waals surface area contributed by atoms with E-state index in [0.29, 0.717) is 17.9 Å². The third-order valence-electron chi connectivity index (χ3n) is 7.55. The van der Waals surface area contributed by atoms with Gasteiger partial charge in [0.05, 0.1) is 23.8 Å². The molecule has 0 amide bonds. The molecule has 8 nitrogen and oxygen atoms in total. The van der Waals surface area contributed by atoms with Crippen LogP contribution in [0.5, 0.6) is 5.75 Å². The number of carboxylic acid groups (broad SMARTS) is 1. The third kappa shape index (κ3) is 4.42. The normalized spacial score (nSPS) is 19.2. The molecule has 2 aliphatic rings. The summed E-state index contributed by atoms with van der Waals surface area (Å²) in [6, 6.07) is 16.1. The molecule has 0 bridgehead atoms. The number of carboxylic acids is 1. The Balaban J connectivity index is 1.57. The molecule has 5 rings (SSSR count). The van der Waals surface area contributed by atoms with Crippen LogP contribution in [0, 0.1) is 6.92 Å². The van der Waals surface area contributed by atoms with Crippen molar-refractivity contribution in [3.8, 4) is 5.75 Å². The third-order valence-corrected chi connectivity index (χ3v) is 9.50. The van der Waals surface area contributed by atoms with Gasteiger partial charge in [0.1, 0.15) is 17.3 Å². The lowest BCUT2D eigenvalue weighted by molar-refractivity contribution is -0.137. The molecule has 0 aromatic heterocycles. The molecular weight excluding hydrogens is 490 g/mol. The van der Waals surface area contributed by atoms with E-state index in [2.05, 4.69) is 5.32 Å². The van der Waals surface area contributed by atoms with Gasteiger partial charge in [-0.25, -0.2) is 8.42 Å². The summed E-state index contributed by atoms with van der Waals surface area (Å²) in [4.78, 5) is 12.1. The average molecular weight is 522 g/mol. The Hall–Kier alpha value is -3.56. The molecule has 3 aromatic rings. The topological polar surface area (TPSA) is 122 Å². The van der Waals surface area contributed by atoms with Crippen LogP contribution < -0.4 is 15.8 Å². The molecule has 3 aromatic carbocycles. The number of aliphatic carboxylic acids is 1. The van der Waals surface area contributed by atoms with Gasteiger partial charge in [-0.05, 0) is 65.8 Å².